The van der Waals surface area contributed by atoms with Crippen LogP contribution in [0.15, 0.2) is 34.9 Å². The van der Waals surface area contributed by atoms with Crippen molar-refractivity contribution in [2.24, 2.45) is 0 Å². The maximum Gasteiger partial charge on any atom is 0.252 e. The fourth-order valence-electron chi connectivity index (χ4n) is 2.90. The molecular weight excluding hydrogens is 268 g/mol. The standard InChI is InChI=1S/C16H18N2O3/c1-4-16(12-8-6-5-7-9-12)15-14(11(2)21-17-15)18(3)13(19)10-20-16/h5-9H,4,10H2,1-3H3. The number of nitrogens with zero attached hydrogens (tertiary/aromatic N) is 2. The predicted molar refractivity (Wildman–Crippen MR) is 78.1 cm³/mol. The van der Waals surface area contributed by atoms with Crippen LogP contribution in [0.2, 0.25) is 0 Å². The summed E-state index contributed by atoms with van der Waals surface area (Å²) in [5, 5.41) is 4.21. The lowest BCUT2D eigenvalue weighted by molar-refractivity contribution is -0.127. The summed E-state index contributed by atoms with van der Waals surface area (Å²) < 4.78 is 11.4. The summed E-state index contributed by atoms with van der Waals surface area (Å²) in [5.41, 5.74) is 1.60. The zero-order valence-electron chi connectivity index (χ0n) is 12.4. The molecule has 1 aliphatic heterocycles. The van der Waals surface area contributed by atoms with Crippen LogP contribution >= 0.6 is 0 Å². The van der Waals surface area contributed by atoms with Crippen LogP contribution in [-0.2, 0) is 15.1 Å². The summed E-state index contributed by atoms with van der Waals surface area (Å²) in [6.45, 7) is 3.86. The van der Waals surface area contributed by atoms with Gasteiger partial charge in [0, 0.05) is 7.05 Å². The quantitative estimate of drug-likeness (QED) is 0.851. The minimum Gasteiger partial charge on any atom is -0.359 e. The minimum atomic E-state index is -0.755. The molecule has 1 unspecified atom stereocenters. The van der Waals surface area contributed by atoms with Gasteiger partial charge in [-0.15, -0.1) is 0 Å². The first-order valence-corrected chi connectivity index (χ1v) is 7.03. The Bertz CT molecular complexity index is 665. The monoisotopic (exact) mass is 286 g/mol. The Kier molecular flexibility index (Phi) is 3.29. The van der Waals surface area contributed by atoms with Gasteiger partial charge in [0.2, 0.25) is 0 Å². The molecule has 5 nitrogen and oxygen atoms in total. The van der Waals surface area contributed by atoms with Crippen LogP contribution in [0.4, 0.5) is 5.69 Å². The highest BCUT2D eigenvalue weighted by Crippen LogP contribution is 2.43. The van der Waals surface area contributed by atoms with E-state index in [4.69, 9.17) is 9.26 Å². The number of hydrogen-bond acceptors (Lipinski definition) is 4. The molecule has 1 aromatic heterocycles. The van der Waals surface area contributed by atoms with Crippen molar-refractivity contribution >= 4 is 11.6 Å². The van der Waals surface area contributed by atoms with Crippen LogP contribution in [0.5, 0.6) is 0 Å². The van der Waals surface area contributed by atoms with E-state index in [0.29, 0.717) is 23.6 Å². The van der Waals surface area contributed by atoms with Crippen LogP contribution in [0.1, 0.15) is 30.4 Å². The van der Waals surface area contributed by atoms with E-state index in [1.807, 2.05) is 44.2 Å². The molecule has 0 radical (unpaired) electrons. The number of benzene rings is 1. The average Bonchev–Trinajstić information content (AvgIpc) is 2.86. The normalized spacial score (nSPS) is 22.0. The number of carbonyl (C=O) groups is 1. The van der Waals surface area contributed by atoms with Gasteiger partial charge in [-0.1, -0.05) is 42.4 Å². The number of likely N-dealkylation sites (N-methyl/N-ethyl adjacent to an activating group) is 1. The third kappa shape index (κ3) is 1.96. The van der Waals surface area contributed by atoms with Gasteiger partial charge >= 0.3 is 0 Å². The second-order valence-corrected chi connectivity index (χ2v) is 5.22. The number of aromatic nitrogens is 1. The number of ether oxygens (including phenoxy) is 1. The first-order valence-electron chi connectivity index (χ1n) is 7.03. The minimum absolute atomic E-state index is 0.0229. The van der Waals surface area contributed by atoms with Gasteiger partial charge in [0.15, 0.2) is 5.76 Å². The van der Waals surface area contributed by atoms with Gasteiger partial charge in [0.1, 0.15) is 23.6 Å². The van der Waals surface area contributed by atoms with Gasteiger partial charge in [-0.2, -0.15) is 0 Å². The highest BCUT2D eigenvalue weighted by molar-refractivity contribution is 5.95. The summed E-state index contributed by atoms with van der Waals surface area (Å²) in [6, 6.07) is 9.86. The maximum atomic E-state index is 12.2. The van der Waals surface area contributed by atoms with E-state index < -0.39 is 5.60 Å². The Hall–Kier alpha value is -2.14. The fourth-order valence-corrected chi connectivity index (χ4v) is 2.90. The number of hydrogen-bond donors (Lipinski definition) is 0. The Morgan fingerprint density at radius 1 is 1.33 bits per heavy atom. The van der Waals surface area contributed by atoms with Crippen molar-refractivity contribution in [3.05, 3.63) is 47.3 Å². The van der Waals surface area contributed by atoms with E-state index in [0.717, 1.165) is 5.56 Å². The summed E-state index contributed by atoms with van der Waals surface area (Å²) >= 11 is 0. The third-order valence-corrected chi connectivity index (χ3v) is 4.10. The summed E-state index contributed by atoms with van der Waals surface area (Å²) in [5.74, 6) is 0.522. The molecule has 1 atom stereocenters. The van der Waals surface area contributed by atoms with Crippen molar-refractivity contribution in [2.45, 2.75) is 25.9 Å². The molecule has 0 bridgehead atoms. The first kappa shape index (κ1) is 13.8. The molecule has 110 valence electrons. The molecule has 5 heteroatoms. The van der Waals surface area contributed by atoms with Gasteiger partial charge in [0.05, 0.1) is 0 Å². The van der Waals surface area contributed by atoms with E-state index >= 15 is 0 Å². The van der Waals surface area contributed by atoms with Gasteiger partial charge in [0.25, 0.3) is 5.91 Å². The number of fused-ring (bicyclic) bond motifs is 1. The van der Waals surface area contributed by atoms with Crippen LogP contribution < -0.4 is 4.90 Å². The summed E-state index contributed by atoms with van der Waals surface area (Å²) in [4.78, 5) is 13.8. The Morgan fingerprint density at radius 2 is 2.05 bits per heavy atom. The predicted octanol–water partition coefficient (Wildman–Crippen LogP) is 2.63. The average molecular weight is 286 g/mol. The van der Waals surface area contributed by atoms with Gasteiger partial charge < -0.3 is 14.2 Å². The van der Waals surface area contributed by atoms with Crippen molar-refractivity contribution in [3.63, 3.8) is 0 Å². The number of amides is 1. The van der Waals surface area contributed by atoms with Crippen LogP contribution in [0.25, 0.3) is 0 Å². The Morgan fingerprint density at radius 3 is 2.71 bits per heavy atom. The number of rotatable bonds is 2. The molecule has 0 fully saturated rings. The number of aryl methyl sites for hydroxylation is 1. The van der Waals surface area contributed by atoms with E-state index in [-0.39, 0.29) is 12.5 Å². The van der Waals surface area contributed by atoms with E-state index in [1.165, 1.54) is 0 Å². The number of anilines is 1. The van der Waals surface area contributed by atoms with Crippen molar-refractivity contribution in [3.8, 4) is 0 Å². The lowest BCUT2D eigenvalue weighted by Gasteiger charge is -2.30. The molecule has 0 N–H and O–H groups in total. The molecule has 2 heterocycles. The second-order valence-electron chi connectivity index (χ2n) is 5.22. The molecule has 0 spiro atoms. The molecule has 1 aliphatic rings. The molecule has 0 saturated carbocycles. The fraction of sp³-hybridized carbons (Fsp3) is 0.375. The van der Waals surface area contributed by atoms with Crippen LogP contribution in [0, 0.1) is 6.92 Å². The summed E-state index contributed by atoms with van der Waals surface area (Å²) in [6.07, 6.45) is 0.664. The lowest BCUT2D eigenvalue weighted by atomic mass is 9.86. The molecule has 21 heavy (non-hydrogen) atoms. The molecule has 1 amide bonds. The van der Waals surface area contributed by atoms with Crippen molar-refractivity contribution in [2.75, 3.05) is 18.6 Å². The molecule has 2 aromatic rings. The third-order valence-electron chi connectivity index (χ3n) is 4.10. The van der Waals surface area contributed by atoms with Crippen molar-refractivity contribution in [1.82, 2.24) is 5.16 Å². The number of carbonyl (C=O) groups excluding carboxylic acids is 1. The maximum absolute atomic E-state index is 12.2. The molecule has 3 rings (SSSR count). The Balaban J connectivity index is 2.26. The van der Waals surface area contributed by atoms with E-state index in [1.54, 1.807) is 11.9 Å². The first-order chi connectivity index (χ1) is 10.1. The van der Waals surface area contributed by atoms with Gasteiger partial charge in [-0.05, 0) is 18.9 Å². The zero-order valence-corrected chi connectivity index (χ0v) is 12.4. The lowest BCUT2D eigenvalue weighted by Crippen LogP contribution is -2.32. The van der Waals surface area contributed by atoms with Gasteiger partial charge in [-0.25, -0.2) is 0 Å². The SMILES string of the molecule is CCC1(c2ccccc2)OCC(=O)N(C)c2c1noc2C. The van der Waals surface area contributed by atoms with Crippen LogP contribution in [0.3, 0.4) is 0 Å². The molecule has 1 aromatic carbocycles. The molecule has 0 saturated heterocycles. The topological polar surface area (TPSA) is 55.6 Å². The Labute approximate surface area is 123 Å². The smallest absolute Gasteiger partial charge is 0.252 e. The largest absolute Gasteiger partial charge is 0.359 e. The van der Waals surface area contributed by atoms with E-state index in [2.05, 4.69) is 5.16 Å². The van der Waals surface area contributed by atoms with Crippen LogP contribution in [-0.4, -0.2) is 24.7 Å². The second kappa shape index (κ2) is 5.00. The summed E-state index contributed by atoms with van der Waals surface area (Å²) in [7, 11) is 1.73. The zero-order chi connectivity index (χ0) is 15.0. The van der Waals surface area contributed by atoms with Crippen molar-refractivity contribution < 1.29 is 14.1 Å². The molecule has 0 aliphatic carbocycles. The highest BCUT2D eigenvalue weighted by atomic mass is 16.5. The van der Waals surface area contributed by atoms with E-state index in [9.17, 15) is 4.79 Å². The molecular formula is C16H18N2O3. The van der Waals surface area contributed by atoms with Gasteiger partial charge in [-0.3, -0.25) is 4.79 Å². The highest BCUT2D eigenvalue weighted by Gasteiger charge is 2.44. The van der Waals surface area contributed by atoms with Crippen molar-refractivity contribution in [1.29, 1.82) is 0 Å².